The molecule has 0 unspecified atom stereocenters. The predicted molar refractivity (Wildman–Crippen MR) is 84.6 cm³/mol. The molecule has 0 aliphatic rings. The molecule has 0 heterocycles. The van der Waals surface area contributed by atoms with Gasteiger partial charge in [-0.3, -0.25) is 0 Å². The summed E-state index contributed by atoms with van der Waals surface area (Å²) in [6, 6.07) is 0. The Morgan fingerprint density at radius 3 is 1.24 bits per heavy atom. The number of hydrogen-bond donors (Lipinski definition) is 0. The van der Waals surface area contributed by atoms with E-state index in [1.807, 2.05) is 0 Å². The quantitative estimate of drug-likeness (QED) is 0.280. The maximum atomic E-state index is 2.54. The van der Waals surface area contributed by atoms with Crippen molar-refractivity contribution in [3.8, 4) is 0 Å². The van der Waals surface area contributed by atoms with Gasteiger partial charge in [-0.15, -0.1) is 0 Å². The number of hydrogen-bond acceptors (Lipinski definition) is 0. The zero-order chi connectivity index (χ0) is 13.0. The van der Waals surface area contributed by atoms with Crippen LogP contribution in [0.2, 0.25) is 22.5 Å². The van der Waals surface area contributed by atoms with Crippen molar-refractivity contribution >= 4 is 13.3 Å². The van der Waals surface area contributed by atoms with Gasteiger partial charge in [-0.05, 0) is 0 Å². The van der Waals surface area contributed by atoms with Crippen LogP contribution in [0.4, 0.5) is 0 Å². The van der Waals surface area contributed by atoms with Crippen LogP contribution in [0.3, 0.4) is 0 Å². The summed E-state index contributed by atoms with van der Waals surface area (Å²) in [5, 5.41) is 1.58. The van der Waals surface area contributed by atoms with Gasteiger partial charge in [0.2, 0.25) is 0 Å². The summed E-state index contributed by atoms with van der Waals surface area (Å²) in [5.74, 6) is 7.61. The Morgan fingerprint density at radius 1 is 0.529 bits per heavy atom. The Kier molecular flexibility index (Phi) is 12.0. The first kappa shape index (κ1) is 17.5. The van der Waals surface area contributed by atoms with E-state index in [2.05, 4.69) is 24.2 Å². The number of rotatable bonds is 12. The summed E-state index contributed by atoms with van der Waals surface area (Å²) in [7, 11) is 0. The molecule has 0 aromatic rings. The molecule has 0 fully saturated rings. The van der Waals surface area contributed by atoms with Crippen molar-refractivity contribution in [1.82, 2.24) is 0 Å². The molecule has 0 N–H and O–H groups in total. The van der Waals surface area contributed by atoms with Gasteiger partial charge in [0.05, 0.1) is 0 Å². The monoisotopic (exact) mass is 302 g/mol. The molecule has 0 radical (unpaired) electrons. The fourth-order valence-corrected chi connectivity index (χ4v) is 5.07. The molecule has 0 aliphatic carbocycles. The second kappa shape index (κ2) is 11.6. The first-order valence-electron chi connectivity index (χ1n) is 8.06. The molecule has 0 atom stereocenters. The van der Waals surface area contributed by atoms with Crippen LogP contribution in [-0.2, 0) is 0 Å². The molecule has 0 saturated heterocycles. The van der Waals surface area contributed by atoms with Gasteiger partial charge in [-0.25, -0.2) is 0 Å². The van der Waals surface area contributed by atoms with Crippen molar-refractivity contribution in [2.45, 2.75) is 100 Å². The van der Waals surface area contributed by atoms with E-state index in [1.54, 1.807) is 5.25 Å². The molecule has 0 aromatic heterocycles. The van der Waals surface area contributed by atoms with E-state index in [4.69, 9.17) is 0 Å². The van der Waals surface area contributed by atoms with Crippen LogP contribution in [-0.4, -0.2) is 13.3 Å². The van der Waals surface area contributed by atoms with E-state index in [-0.39, 0.29) is 0 Å². The minimum absolute atomic E-state index is 1.20. The SMILES string of the molecule is CCCCCCCCCCCC[CH2][Ge]([CH3])([CH3])[CH3]. The molecule has 0 aliphatic heterocycles. The molecule has 17 heavy (non-hydrogen) atoms. The van der Waals surface area contributed by atoms with Crippen molar-refractivity contribution in [3.05, 3.63) is 0 Å². The van der Waals surface area contributed by atoms with Crippen LogP contribution in [0.25, 0.3) is 0 Å². The van der Waals surface area contributed by atoms with Gasteiger partial charge >= 0.3 is 106 Å². The summed E-state index contributed by atoms with van der Waals surface area (Å²) < 4.78 is 0. The van der Waals surface area contributed by atoms with Crippen molar-refractivity contribution < 1.29 is 0 Å². The Morgan fingerprint density at radius 2 is 0.882 bits per heavy atom. The molecule has 0 amide bonds. The molecule has 0 rings (SSSR count). The average Bonchev–Trinajstić information content (AvgIpc) is 2.24. The molecular weight excluding hydrogens is 265 g/mol. The van der Waals surface area contributed by atoms with Crippen molar-refractivity contribution in [1.29, 1.82) is 0 Å². The van der Waals surface area contributed by atoms with Crippen molar-refractivity contribution in [3.63, 3.8) is 0 Å². The molecule has 0 bridgehead atoms. The Hall–Kier alpha value is 0.543. The van der Waals surface area contributed by atoms with E-state index >= 15 is 0 Å². The third-order valence-electron chi connectivity index (χ3n) is 3.53. The third kappa shape index (κ3) is 16.5. The summed E-state index contributed by atoms with van der Waals surface area (Å²) in [6.45, 7) is 2.29. The standard InChI is InChI=1S/C16H36Ge/c1-5-6-7-8-9-10-11-12-13-14-15-16-17(2,3)4/h5-16H2,1-4H3. The second-order valence-electron chi connectivity index (χ2n) is 6.85. The van der Waals surface area contributed by atoms with Gasteiger partial charge < -0.3 is 0 Å². The van der Waals surface area contributed by atoms with Crippen LogP contribution in [0.15, 0.2) is 0 Å². The van der Waals surface area contributed by atoms with Crippen LogP contribution in [0, 0.1) is 0 Å². The second-order valence-corrected chi connectivity index (χ2v) is 18.6. The Balaban J connectivity index is 2.99. The average molecular weight is 301 g/mol. The Bertz CT molecular complexity index is 146. The topological polar surface area (TPSA) is 0 Å². The first-order valence-corrected chi connectivity index (χ1v) is 15.8. The molecule has 0 aromatic carbocycles. The zero-order valence-corrected chi connectivity index (χ0v) is 15.1. The molecule has 0 saturated carbocycles. The van der Waals surface area contributed by atoms with Gasteiger partial charge in [0.1, 0.15) is 0 Å². The van der Waals surface area contributed by atoms with Crippen molar-refractivity contribution in [2.75, 3.05) is 0 Å². The first-order chi connectivity index (χ1) is 8.06. The maximum absolute atomic E-state index is 2.54. The van der Waals surface area contributed by atoms with Gasteiger partial charge in [0, 0.05) is 0 Å². The van der Waals surface area contributed by atoms with E-state index in [9.17, 15) is 0 Å². The van der Waals surface area contributed by atoms with Crippen molar-refractivity contribution in [2.24, 2.45) is 0 Å². The van der Waals surface area contributed by atoms with Crippen LogP contribution in [0.1, 0.15) is 77.6 Å². The van der Waals surface area contributed by atoms with Gasteiger partial charge in [0.15, 0.2) is 0 Å². The molecule has 0 spiro atoms. The molecular formula is C16H36Ge. The van der Waals surface area contributed by atoms with Gasteiger partial charge in [0.25, 0.3) is 0 Å². The van der Waals surface area contributed by atoms with Crippen LogP contribution >= 0.6 is 0 Å². The molecule has 0 nitrogen and oxygen atoms in total. The van der Waals surface area contributed by atoms with E-state index in [0.717, 1.165) is 0 Å². The fraction of sp³-hybridized carbons (Fsp3) is 1.00. The normalized spacial score (nSPS) is 12.0. The predicted octanol–water partition coefficient (Wildman–Crippen LogP) is 6.64. The summed E-state index contributed by atoms with van der Waals surface area (Å²) in [5.41, 5.74) is 0. The third-order valence-corrected chi connectivity index (χ3v) is 7.42. The van der Waals surface area contributed by atoms with Crippen LogP contribution in [0.5, 0.6) is 0 Å². The molecule has 1 heteroatoms. The van der Waals surface area contributed by atoms with E-state index < -0.39 is 13.3 Å². The summed E-state index contributed by atoms with van der Waals surface area (Å²) >= 11 is -1.20. The van der Waals surface area contributed by atoms with Crippen LogP contribution < -0.4 is 0 Å². The number of unbranched alkanes of at least 4 members (excludes halogenated alkanes) is 10. The fourth-order valence-electron chi connectivity index (χ4n) is 2.32. The van der Waals surface area contributed by atoms with Gasteiger partial charge in [-0.2, -0.15) is 0 Å². The molecule has 104 valence electrons. The summed E-state index contributed by atoms with van der Waals surface area (Å²) in [4.78, 5) is 0. The zero-order valence-electron chi connectivity index (χ0n) is 13.0. The van der Waals surface area contributed by atoms with E-state index in [0.29, 0.717) is 0 Å². The van der Waals surface area contributed by atoms with Gasteiger partial charge in [-0.1, -0.05) is 6.92 Å². The minimum atomic E-state index is -1.20. The van der Waals surface area contributed by atoms with E-state index in [1.165, 1.54) is 70.6 Å². The summed E-state index contributed by atoms with van der Waals surface area (Å²) in [6.07, 6.45) is 16.2. The Labute approximate surface area is 113 Å².